The van der Waals surface area contributed by atoms with Crippen molar-refractivity contribution in [3.63, 3.8) is 0 Å². The summed E-state index contributed by atoms with van der Waals surface area (Å²) in [6, 6.07) is 7.75. The van der Waals surface area contributed by atoms with Gasteiger partial charge in [-0.2, -0.15) is 0 Å². The van der Waals surface area contributed by atoms with Gasteiger partial charge in [0.2, 0.25) is 0 Å². The lowest BCUT2D eigenvalue weighted by Gasteiger charge is -2.40. The molecule has 4 heteroatoms. The lowest BCUT2D eigenvalue weighted by Crippen LogP contribution is -2.34. The van der Waals surface area contributed by atoms with E-state index in [1.165, 1.54) is 0 Å². The second kappa shape index (κ2) is 4.81. The number of halogens is 2. The van der Waals surface area contributed by atoms with Crippen LogP contribution in [0.25, 0.3) is 16.3 Å². The summed E-state index contributed by atoms with van der Waals surface area (Å²) < 4.78 is 1.80. The van der Waals surface area contributed by atoms with Gasteiger partial charge < -0.3 is 0 Å². The van der Waals surface area contributed by atoms with Gasteiger partial charge in [0.05, 0.1) is 0 Å². The highest BCUT2D eigenvalue weighted by Gasteiger charge is 2.45. The quantitative estimate of drug-likeness (QED) is 0.495. The molecule has 4 aliphatic rings. The number of carbonyl (C=O) groups excluding carboxylic acids is 2. The lowest BCUT2D eigenvalue weighted by atomic mass is 9.61. The number of carbonyl (C=O) groups is 2. The Morgan fingerprint density at radius 1 is 0.962 bits per heavy atom. The van der Waals surface area contributed by atoms with Crippen LogP contribution in [0.3, 0.4) is 0 Å². The maximum atomic E-state index is 13.3. The molecule has 0 saturated carbocycles. The van der Waals surface area contributed by atoms with Gasteiger partial charge in [0.15, 0.2) is 11.6 Å². The van der Waals surface area contributed by atoms with Crippen molar-refractivity contribution in [3.8, 4) is 0 Å². The fourth-order valence-corrected chi connectivity index (χ4v) is 5.85. The number of ketones is 2. The van der Waals surface area contributed by atoms with Crippen molar-refractivity contribution in [2.75, 3.05) is 0 Å². The van der Waals surface area contributed by atoms with E-state index in [2.05, 4.69) is 44.0 Å². The second-order valence-electron chi connectivity index (χ2n) is 7.09. The first-order chi connectivity index (χ1) is 12.5. The highest BCUT2D eigenvalue weighted by molar-refractivity contribution is 9.12. The van der Waals surface area contributed by atoms with Crippen LogP contribution in [-0.4, -0.2) is 11.6 Å². The summed E-state index contributed by atoms with van der Waals surface area (Å²) in [4.78, 5) is 26.6. The van der Waals surface area contributed by atoms with Gasteiger partial charge in [0.1, 0.15) is 0 Å². The van der Waals surface area contributed by atoms with Crippen LogP contribution in [0.4, 0.5) is 0 Å². The predicted octanol–water partition coefficient (Wildman–Crippen LogP) is 5.77. The lowest BCUT2D eigenvalue weighted by molar-refractivity contribution is 0.101. The third kappa shape index (κ3) is 1.67. The largest absolute Gasteiger partial charge is 0.289 e. The van der Waals surface area contributed by atoms with Gasteiger partial charge in [-0.1, -0.05) is 56.2 Å². The summed E-state index contributed by atoms with van der Waals surface area (Å²) in [5, 5.41) is 1.91. The van der Waals surface area contributed by atoms with E-state index in [9.17, 15) is 9.59 Å². The van der Waals surface area contributed by atoms with Crippen molar-refractivity contribution in [1.29, 1.82) is 0 Å². The SMILES string of the molecule is O=C1C2=CC(Br)=CC3C=CC4=C(c5c1ccc1cc(Br)cc(c51)C4=O)C23. The van der Waals surface area contributed by atoms with E-state index in [1.54, 1.807) is 0 Å². The summed E-state index contributed by atoms with van der Waals surface area (Å²) >= 11 is 7.06. The van der Waals surface area contributed by atoms with Gasteiger partial charge in [-0.05, 0) is 40.8 Å². The number of Topliss-reactive ketones (excluding diaryl/α,β-unsaturated/α-hetero) is 2. The van der Waals surface area contributed by atoms with Crippen LogP contribution < -0.4 is 0 Å². The Balaban J connectivity index is 1.84. The number of hydrogen-bond donors (Lipinski definition) is 0. The molecule has 4 aliphatic carbocycles. The van der Waals surface area contributed by atoms with E-state index in [0.717, 1.165) is 42.0 Å². The van der Waals surface area contributed by atoms with Gasteiger partial charge in [0.25, 0.3) is 0 Å². The first kappa shape index (κ1) is 15.1. The third-order valence-electron chi connectivity index (χ3n) is 5.80. The maximum Gasteiger partial charge on any atom is 0.194 e. The van der Waals surface area contributed by atoms with E-state index >= 15 is 0 Å². The molecule has 0 aromatic heterocycles. The Kier molecular flexibility index (Phi) is 2.79. The molecule has 0 heterocycles. The van der Waals surface area contributed by atoms with Crippen molar-refractivity contribution in [1.82, 2.24) is 0 Å². The molecule has 2 aromatic carbocycles. The zero-order valence-corrected chi connectivity index (χ0v) is 16.5. The van der Waals surface area contributed by atoms with E-state index in [-0.39, 0.29) is 23.4 Å². The van der Waals surface area contributed by atoms with Crippen molar-refractivity contribution in [3.05, 3.63) is 85.4 Å². The molecule has 2 aromatic rings. The van der Waals surface area contributed by atoms with Crippen LogP contribution in [0.5, 0.6) is 0 Å². The fraction of sp³-hybridized carbons (Fsp3) is 0.0909. The van der Waals surface area contributed by atoms with Crippen molar-refractivity contribution in [2.24, 2.45) is 11.8 Å². The Morgan fingerprint density at radius 3 is 2.65 bits per heavy atom. The number of hydrogen-bond acceptors (Lipinski definition) is 2. The van der Waals surface area contributed by atoms with Gasteiger partial charge in [-0.15, -0.1) is 0 Å². The molecule has 6 rings (SSSR count). The molecule has 0 aliphatic heterocycles. The summed E-state index contributed by atoms with van der Waals surface area (Å²) in [5.41, 5.74) is 4.89. The fourth-order valence-electron chi connectivity index (χ4n) is 4.83. The average molecular weight is 466 g/mol. The second-order valence-corrected chi connectivity index (χ2v) is 8.92. The Bertz CT molecular complexity index is 1240. The zero-order chi connectivity index (χ0) is 17.7. The number of allylic oxidation sites excluding steroid dienone is 8. The summed E-state index contributed by atoms with van der Waals surface area (Å²) in [6.07, 6.45) is 8.04. The minimum atomic E-state index is -0.0670. The predicted molar refractivity (Wildman–Crippen MR) is 108 cm³/mol. The van der Waals surface area contributed by atoms with Crippen molar-refractivity contribution in [2.45, 2.75) is 0 Å². The summed E-state index contributed by atoms with van der Waals surface area (Å²) in [7, 11) is 0. The molecule has 0 amide bonds. The van der Waals surface area contributed by atoms with E-state index < -0.39 is 0 Å². The highest BCUT2D eigenvalue weighted by Crippen LogP contribution is 2.54. The molecular weight excluding hydrogens is 456 g/mol. The van der Waals surface area contributed by atoms with Crippen LogP contribution in [0.2, 0.25) is 0 Å². The van der Waals surface area contributed by atoms with E-state index in [1.807, 2.05) is 36.4 Å². The Morgan fingerprint density at radius 2 is 1.81 bits per heavy atom. The molecule has 0 radical (unpaired) electrons. The zero-order valence-electron chi connectivity index (χ0n) is 13.3. The summed E-state index contributed by atoms with van der Waals surface area (Å²) in [5.74, 6) is 0.152. The standard InChI is InChI=1S/C22H10Br2O2/c23-11-5-9-1-3-13-19-17(9)15(7-11)22(26)14-4-2-10-6-12(24)8-16(21(13)25)18(10)20(14)19/h1-9,17H. The first-order valence-corrected chi connectivity index (χ1v) is 10.0. The molecule has 0 N–H and O–H groups in total. The maximum absolute atomic E-state index is 13.3. The molecule has 2 nitrogen and oxygen atoms in total. The molecule has 2 unspecified atom stereocenters. The number of rotatable bonds is 0. The van der Waals surface area contributed by atoms with Crippen LogP contribution in [-0.2, 0) is 0 Å². The minimum Gasteiger partial charge on any atom is -0.289 e. The molecule has 0 bridgehead atoms. The molecule has 124 valence electrons. The minimum absolute atomic E-state index is 0.0490. The van der Waals surface area contributed by atoms with E-state index in [4.69, 9.17) is 0 Å². The normalized spacial score (nSPS) is 24.8. The van der Waals surface area contributed by atoms with Gasteiger partial charge in [-0.25, -0.2) is 0 Å². The third-order valence-corrected chi connectivity index (χ3v) is 6.75. The van der Waals surface area contributed by atoms with Crippen molar-refractivity contribution >= 4 is 59.8 Å². The topological polar surface area (TPSA) is 34.1 Å². The highest BCUT2D eigenvalue weighted by atomic mass is 79.9. The Labute approximate surface area is 166 Å². The molecule has 0 spiro atoms. The average Bonchev–Trinajstić information content (AvgIpc) is 2.62. The van der Waals surface area contributed by atoms with Gasteiger partial charge in [0, 0.05) is 48.5 Å². The number of benzene rings is 2. The first-order valence-electron chi connectivity index (χ1n) is 8.42. The smallest absolute Gasteiger partial charge is 0.194 e. The van der Waals surface area contributed by atoms with Gasteiger partial charge in [-0.3, -0.25) is 9.59 Å². The van der Waals surface area contributed by atoms with E-state index in [0.29, 0.717) is 11.1 Å². The molecule has 0 saturated heterocycles. The summed E-state index contributed by atoms with van der Waals surface area (Å²) in [6.45, 7) is 0. The van der Waals surface area contributed by atoms with Crippen LogP contribution in [0.1, 0.15) is 26.3 Å². The molecule has 0 fully saturated rings. The monoisotopic (exact) mass is 464 g/mol. The van der Waals surface area contributed by atoms with Crippen LogP contribution >= 0.6 is 31.9 Å². The van der Waals surface area contributed by atoms with Gasteiger partial charge >= 0.3 is 0 Å². The van der Waals surface area contributed by atoms with Crippen LogP contribution in [0.15, 0.2) is 68.7 Å². The molecule has 26 heavy (non-hydrogen) atoms. The molecule has 2 atom stereocenters. The van der Waals surface area contributed by atoms with Crippen molar-refractivity contribution < 1.29 is 9.59 Å². The Hall–Kier alpha value is -2.04. The van der Waals surface area contributed by atoms with Crippen LogP contribution in [0, 0.1) is 11.8 Å². The molecular formula is C22H10Br2O2.